The highest BCUT2D eigenvalue weighted by Crippen LogP contribution is 2.67. The number of ether oxygens (including phenoxy) is 1. The molecule has 4 rings (SSSR count). The van der Waals surface area contributed by atoms with E-state index in [-0.39, 0.29) is 0 Å². The zero-order chi connectivity index (χ0) is 17.1. The van der Waals surface area contributed by atoms with Crippen LogP contribution in [0.25, 0.3) is 11.1 Å². The van der Waals surface area contributed by atoms with Crippen molar-refractivity contribution in [2.45, 2.75) is 11.5 Å². The fraction of sp³-hybridized carbons (Fsp3) is 0.263. The summed E-state index contributed by atoms with van der Waals surface area (Å²) in [6.07, 6.45) is 0. The summed E-state index contributed by atoms with van der Waals surface area (Å²) in [5.41, 5.74) is 2.28. The van der Waals surface area contributed by atoms with Crippen molar-refractivity contribution in [2.75, 3.05) is 7.11 Å². The number of hydrogen-bond donors (Lipinski definition) is 2. The molecule has 2 aromatic rings. The van der Waals surface area contributed by atoms with Gasteiger partial charge in [-0.15, -0.1) is 0 Å². The third-order valence-electron chi connectivity index (χ3n) is 5.47. The minimum Gasteiger partial charge on any atom is -0.481 e. The summed E-state index contributed by atoms with van der Waals surface area (Å²) in [4.78, 5) is 23.7. The minimum atomic E-state index is -1.15. The van der Waals surface area contributed by atoms with E-state index in [2.05, 4.69) is 0 Å². The Morgan fingerprint density at radius 3 is 2.21 bits per heavy atom. The standard InChI is InChI=1S/C19H16O5/c1-24-19-13-9-5-4-7-11(13)10-6-2-3-8-12(10)15(19)14(17(20)21)16(19)18(22)23/h2-9,14-16H,1H3,(H,20,21)(H,22,23)/t14-,15?,16+,19-/m1/s1. The molecule has 2 aliphatic carbocycles. The lowest BCUT2D eigenvalue weighted by molar-refractivity contribution is -0.217. The predicted molar refractivity (Wildman–Crippen MR) is 85.6 cm³/mol. The Balaban J connectivity index is 2.06. The Hall–Kier alpha value is -2.66. The summed E-state index contributed by atoms with van der Waals surface area (Å²) in [6, 6.07) is 15.1. The largest absolute Gasteiger partial charge is 0.481 e. The third kappa shape index (κ3) is 1.57. The van der Waals surface area contributed by atoms with Gasteiger partial charge in [-0.25, -0.2) is 0 Å². The van der Waals surface area contributed by atoms with Crippen LogP contribution in [0.1, 0.15) is 17.0 Å². The summed E-state index contributed by atoms with van der Waals surface area (Å²) in [6.45, 7) is 0. The molecule has 0 amide bonds. The highest BCUT2D eigenvalue weighted by Gasteiger charge is 2.71. The molecular weight excluding hydrogens is 308 g/mol. The molecule has 2 N–H and O–H groups in total. The van der Waals surface area contributed by atoms with Gasteiger partial charge in [0.25, 0.3) is 0 Å². The Morgan fingerprint density at radius 2 is 1.58 bits per heavy atom. The number of benzene rings is 2. The number of hydrogen-bond acceptors (Lipinski definition) is 3. The molecule has 0 aliphatic heterocycles. The van der Waals surface area contributed by atoms with Gasteiger partial charge in [0, 0.05) is 13.0 Å². The normalized spacial score (nSPS) is 29.6. The Kier molecular flexibility index (Phi) is 3.05. The smallest absolute Gasteiger partial charge is 0.310 e. The van der Waals surface area contributed by atoms with E-state index in [9.17, 15) is 19.8 Å². The zero-order valence-corrected chi connectivity index (χ0v) is 13.0. The van der Waals surface area contributed by atoms with Crippen LogP contribution in [0.3, 0.4) is 0 Å². The van der Waals surface area contributed by atoms with E-state index in [4.69, 9.17) is 4.74 Å². The molecule has 0 spiro atoms. The van der Waals surface area contributed by atoms with Crippen LogP contribution in [-0.2, 0) is 19.9 Å². The first-order valence-corrected chi connectivity index (χ1v) is 7.73. The molecule has 4 atom stereocenters. The molecule has 2 aliphatic rings. The number of carboxylic acids is 2. The number of carbonyl (C=O) groups is 2. The van der Waals surface area contributed by atoms with Gasteiger partial charge in [0.1, 0.15) is 11.5 Å². The van der Waals surface area contributed by atoms with Crippen LogP contribution in [0, 0.1) is 11.8 Å². The van der Waals surface area contributed by atoms with Gasteiger partial charge < -0.3 is 14.9 Å². The number of aliphatic carboxylic acids is 2. The summed E-state index contributed by atoms with van der Waals surface area (Å²) in [5, 5.41) is 19.4. The van der Waals surface area contributed by atoms with Crippen molar-refractivity contribution in [2.24, 2.45) is 11.8 Å². The summed E-state index contributed by atoms with van der Waals surface area (Å²) in [5.74, 6) is -4.91. The summed E-state index contributed by atoms with van der Waals surface area (Å²) < 4.78 is 5.77. The third-order valence-corrected chi connectivity index (χ3v) is 5.47. The molecule has 0 aromatic heterocycles. The Labute approximate surface area is 138 Å². The van der Waals surface area contributed by atoms with Gasteiger partial charge >= 0.3 is 11.9 Å². The summed E-state index contributed by atoms with van der Waals surface area (Å²) >= 11 is 0. The van der Waals surface area contributed by atoms with Gasteiger partial charge in [0.15, 0.2) is 0 Å². The molecule has 0 heterocycles. The zero-order valence-electron chi connectivity index (χ0n) is 13.0. The average Bonchev–Trinajstić information content (AvgIpc) is 2.54. The van der Waals surface area contributed by atoms with Crippen molar-refractivity contribution in [1.29, 1.82) is 0 Å². The predicted octanol–water partition coefficient (Wildman–Crippen LogP) is 2.71. The van der Waals surface area contributed by atoms with Crippen LogP contribution in [-0.4, -0.2) is 29.3 Å². The van der Waals surface area contributed by atoms with Crippen molar-refractivity contribution in [1.82, 2.24) is 0 Å². The second-order valence-corrected chi connectivity index (χ2v) is 6.29. The number of methoxy groups -OCH3 is 1. The van der Waals surface area contributed by atoms with Crippen molar-refractivity contribution in [3.05, 3.63) is 59.7 Å². The highest BCUT2D eigenvalue weighted by atomic mass is 16.5. The first-order valence-electron chi connectivity index (χ1n) is 7.73. The topological polar surface area (TPSA) is 83.8 Å². The van der Waals surface area contributed by atoms with Crippen molar-refractivity contribution in [3.8, 4) is 11.1 Å². The fourth-order valence-corrected chi connectivity index (χ4v) is 4.62. The second-order valence-electron chi connectivity index (χ2n) is 6.29. The molecule has 2 aromatic carbocycles. The first kappa shape index (κ1) is 14.9. The van der Waals surface area contributed by atoms with Gasteiger partial charge in [0.05, 0.1) is 5.92 Å². The number of carboxylic acid groups (broad SMARTS) is 2. The Bertz CT molecular complexity index is 858. The van der Waals surface area contributed by atoms with E-state index >= 15 is 0 Å². The number of fused-ring (bicyclic) bond motifs is 6. The SMILES string of the molecule is CO[C@]12c3ccccc3-c3ccccc3C1[C@@H](C(=O)O)[C@H]2C(=O)O. The van der Waals surface area contributed by atoms with Crippen molar-refractivity contribution >= 4 is 11.9 Å². The highest BCUT2D eigenvalue weighted by molar-refractivity contribution is 5.90. The maximum absolute atomic E-state index is 11.9. The second kappa shape index (κ2) is 4.92. The molecule has 1 saturated carbocycles. The van der Waals surface area contributed by atoms with Crippen LogP contribution >= 0.6 is 0 Å². The molecule has 1 unspecified atom stereocenters. The first-order chi connectivity index (χ1) is 11.5. The van der Waals surface area contributed by atoms with Crippen LogP contribution in [0.15, 0.2) is 48.5 Å². The Morgan fingerprint density at radius 1 is 0.958 bits per heavy atom. The minimum absolute atomic E-state index is 0.521. The van der Waals surface area contributed by atoms with Crippen LogP contribution in [0.4, 0.5) is 0 Å². The molecule has 0 saturated heterocycles. The maximum atomic E-state index is 11.9. The van der Waals surface area contributed by atoms with Crippen molar-refractivity contribution < 1.29 is 24.5 Å². The van der Waals surface area contributed by atoms with Gasteiger partial charge in [-0.05, 0) is 22.3 Å². The van der Waals surface area contributed by atoms with Crippen LogP contribution < -0.4 is 0 Å². The molecule has 1 fully saturated rings. The fourth-order valence-electron chi connectivity index (χ4n) is 4.62. The molecular formula is C19H16O5. The quantitative estimate of drug-likeness (QED) is 0.907. The average molecular weight is 324 g/mol. The van der Waals surface area contributed by atoms with Gasteiger partial charge in [0.2, 0.25) is 0 Å². The van der Waals surface area contributed by atoms with Crippen LogP contribution in [0.5, 0.6) is 0 Å². The monoisotopic (exact) mass is 324 g/mol. The summed E-state index contributed by atoms with van der Waals surface area (Å²) in [7, 11) is 1.46. The lowest BCUT2D eigenvalue weighted by atomic mass is 9.46. The van der Waals surface area contributed by atoms with E-state index in [0.29, 0.717) is 0 Å². The van der Waals surface area contributed by atoms with Crippen molar-refractivity contribution in [3.63, 3.8) is 0 Å². The van der Waals surface area contributed by atoms with E-state index in [1.165, 1.54) is 7.11 Å². The molecule has 5 nitrogen and oxygen atoms in total. The van der Waals surface area contributed by atoms with E-state index in [0.717, 1.165) is 22.3 Å². The van der Waals surface area contributed by atoms with Gasteiger partial charge in [-0.1, -0.05) is 48.5 Å². The van der Waals surface area contributed by atoms with E-state index < -0.39 is 35.3 Å². The number of rotatable bonds is 3. The van der Waals surface area contributed by atoms with E-state index in [1.807, 2.05) is 48.5 Å². The maximum Gasteiger partial charge on any atom is 0.310 e. The van der Waals surface area contributed by atoms with Gasteiger partial charge in [-0.2, -0.15) is 0 Å². The molecule has 24 heavy (non-hydrogen) atoms. The molecule has 122 valence electrons. The molecule has 0 bridgehead atoms. The lowest BCUT2D eigenvalue weighted by Gasteiger charge is -2.59. The van der Waals surface area contributed by atoms with Gasteiger partial charge in [-0.3, -0.25) is 9.59 Å². The molecule has 0 radical (unpaired) electrons. The van der Waals surface area contributed by atoms with E-state index in [1.54, 1.807) is 0 Å². The van der Waals surface area contributed by atoms with Crippen LogP contribution in [0.2, 0.25) is 0 Å². The lowest BCUT2D eigenvalue weighted by Crippen LogP contribution is -2.65. The molecule has 5 heteroatoms.